The van der Waals surface area contributed by atoms with Gasteiger partial charge in [-0.25, -0.2) is 0 Å². The molecule has 3 amide bonds. The summed E-state index contributed by atoms with van der Waals surface area (Å²) in [7, 11) is 0. The van der Waals surface area contributed by atoms with Gasteiger partial charge in [-0.3, -0.25) is 14.4 Å². The number of ether oxygens (including phenoxy) is 1. The van der Waals surface area contributed by atoms with Gasteiger partial charge in [0.1, 0.15) is 5.75 Å². The summed E-state index contributed by atoms with van der Waals surface area (Å²) in [6.45, 7) is 0.586. The van der Waals surface area contributed by atoms with Gasteiger partial charge in [0.05, 0.1) is 13.2 Å². The first-order valence-corrected chi connectivity index (χ1v) is 9.12. The summed E-state index contributed by atoms with van der Waals surface area (Å²) in [5, 5.41) is 5.87. The van der Waals surface area contributed by atoms with Gasteiger partial charge >= 0.3 is 0 Å². The molecule has 8 heteroatoms. The second-order valence-electron chi connectivity index (χ2n) is 6.03. The Labute approximate surface area is 168 Å². The van der Waals surface area contributed by atoms with Gasteiger partial charge in [-0.2, -0.15) is 0 Å². The number of hydrogen-bond donors (Lipinski definition) is 3. The van der Waals surface area contributed by atoms with Crippen LogP contribution in [-0.4, -0.2) is 30.9 Å². The zero-order valence-electron chi connectivity index (χ0n) is 15.2. The van der Waals surface area contributed by atoms with E-state index < -0.39 is 5.91 Å². The topological polar surface area (TPSA) is 111 Å². The molecular weight excluding hydrogens is 382 g/mol. The molecule has 0 unspecified atom stereocenters. The van der Waals surface area contributed by atoms with Crippen molar-refractivity contribution in [1.29, 1.82) is 0 Å². The van der Waals surface area contributed by atoms with Crippen LogP contribution >= 0.6 is 11.6 Å². The Morgan fingerprint density at radius 2 is 1.64 bits per heavy atom. The minimum atomic E-state index is -0.605. The molecule has 2 aromatic rings. The van der Waals surface area contributed by atoms with E-state index in [1.807, 2.05) is 0 Å². The van der Waals surface area contributed by atoms with Gasteiger partial charge in [-0.15, -0.1) is 0 Å². The molecule has 4 N–H and O–H groups in total. The van der Waals surface area contributed by atoms with Crippen molar-refractivity contribution in [3.8, 4) is 5.75 Å². The predicted molar refractivity (Wildman–Crippen MR) is 106 cm³/mol. The van der Waals surface area contributed by atoms with Gasteiger partial charge in [0.25, 0.3) is 5.91 Å². The van der Waals surface area contributed by atoms with Crippen LogP contribution in [0, 0.1) is 0 Å². The average Bonchev–Trinajstić information content (AvgIpc) is 2.69. The lowest BCUT2D eigenvalue weighted by molar-refractivity contribution is -0.121. The van der Waals surface area contributed by atoms with E-state index in [9.17, 15) is 14.4 Å². The standard InChI is InChI=1S/C20H22ClN3O4/c21-16-7-9-17(10-8-16)28-11-1-2-19(26)23-12-14-3-5-15(6-4-14)20(27)24-13-18(22)25/h3-10H,1-2,11-13H2,(H2,22,25)(H,23,26)(H,24,27). The Kier molecular flexibility index (Phi) is 8.30. The highest BCUT2D eigenvalue weighted by Gasteiger charge is 2.07. The number of amides is 3. The molecule has 0 atom stereocenters. The number of carbonyl (C=O) groups is 3. The van der Waals surface area contributed by atoms with Crippen molar-refractivity contribution in [1.82, 2.24) is 10.6 Å². The molecule has 0 aliphatic carbocycles. The molecule has 2 rings (SSSR count). The van der Waals surface area contributed by atoms with Gasteiger partial charge in [0.2, 0.25) is 11.8 Å². The largest absolute Gasteiger partial charge is 0.494 e. The molecule has 7 nitrogen and oxygen atoms in total. The Morgan fingerprint density at radius 1 is 0.964 bits per heavy atom. The maximum atomic E-state index is 11.9. The van der Waals surface area contributed by atoms with E-state index in [2.05, 4.69) is 10.6 Å². The maximum absolute atomic E-state index is 11.9. The molecule has 0 aliphatic heterocycles. The zero-order valence-corrected chi connectivity index (χ0v) is 16.0. The van der Waals surface area contributed by atoms with Gasteiger partial charge in [-0.05, 0) is 48.4 Å². The molecule has 148 valence electrons. The molecule has 0 spiro atoms. The molecular formula is C20H22ClN3O4. The molecule has 28 heavy (non-hydrogen) atoms. The van der Waals surface area contributed by atoms with E-state index in [0.29, 0.717) is 42.3 Å². The summed E-state index contributed by atoms with van der Waals surface area (Å²) in [4.78, 5) is 34.4. The second-order valence-corrected chi connectivity index (χ2v) is 6.47. The number of rotatable bonds is 10. The van der Waals surface area contributed by atoms with Crippen LogP contribution in [0.1, 0.15) is 28.8 Å². The van der Waals surface area contributed by atoms with Crippen LogP contribution in [0.3, 0.4) is 0 Å². The number of nitrogens with two attached hydrogens (primary N) is 1. The molecule has 2 aromatic carbocycles. The average molecular weight is 404 g/mol. The number of nitrogens with one attached hydrogen (secondary N) is 2. The fourth-order valence-electron chi connectivity index (χ4n) is 2.29. The van der Waals surface area contributed by atoms with E-state index in [4.69, 9.17) is 22.1 Å². The molecule has 0 saturated carbocycles. The van der Waals surface area contributed by atoms with Crippen molar-refractivity contribution in [2.75, 3.05) is 13.2 Å². The first-order chi connectivity index (χ1) is 13.4. The van der Waals surface area contributed by atoms with E-state index >= 15 is 0 Å². The van der Waals surface area contributed by atoms with E-state index in [1.54, 1.807) is 48.5 Å². The normalized spacial score (nSPS) is 10.2. The third-order valence-corrected chi connectivity index (χ3v) is 4.01. The molecule has 0 heterocycles. The number of hydrogen-bond acceptors (Lipinski definition) is 4. The van der Waals surface area contributed by atoms with Crippen LogP contribution in [0.5, 0.6) is 5.75 Å². The van der Waals surface area contributed by atoms with Crippen molar-refractivity contribution in [2.45, 2.75) is 19.4 Å². The third kappa shape index (κ3) is 7.67. The number of halogens is 1. The van der Waals surface area contributed by atoms with Gasteiger partial charge in [-0.1, -0.05) is 23.7 Å². The van der Waals surface area contributed by atoms with Gasteiger partial charge < -0.3 is 21.1 Å². The lowest BCUT2D eigenvalue weighted by Gasteiger charge is -2.08. The SMILES string of the molecule is NC(=O)CNC(=O)c1ccc(CNC(=O)CCCOc2ccc(Cl)cc2)cc1. The zero-order chi connectivity index (χ0) is 20.4. The van der Waals surface area contributed by atoms with Crippen LogP contribution in [-0.2, 0) is 16.1 Å². The molecule has 0 saturated heterocycles. The molecule has 0 aliphatic rings. The first-order valence-electron chi connectivity index (χ1n) is 8.74. The molecule has 0 aromatic heterocycles. The van der Waals surface area contributed by atoms with Crippen LogP contribution in [0.15, 0.2) is 48.5 Å². The minimum Gasteiger partial charge on any atom is -0.494 e. The quantitative estimate of drug-likeness (QED) is 0.527. The van der Waals surface area contributed by atoms with Crippen molar-refractivity contribution in [3.05, 3.63) is 64.7 Å². The van der Waals surface area contributed by atoms with Crippen molar-refractivity contribution < 1.29 is 19.1 Å². The number of benzene rings is 2. The van der Waals surface area contributed by atoms with Crippen LogP contribution in [0.25, 0.3) is 0 Å². The summed E-state index contributed by atoms with van der Waals surface area (Å²) in [5.74, 6) is -0.353. The highest BCUT2D eigenvalue weighted by atomic mass is 35.5. The third-order valence-electron chi connectivity index (χ3n) is 3.76. The minimum absolute atomic E-state index is 0.0806. The molecule has 0 fully saturated rings. The second kappa shape index (κ2) is 10.9. The monoisotopic (exact) mass is 403 g/mol. The van der Waals surface area contributed by atoms with Crippen LogP contribution < -0.4 is 21.1 Å². The Balaban J connectivity index is 1.65. The summed E-state index contributed by atoms with van der Waals surface area (Å²) in [6, 6.07) is 13.8. The number of carbonyl (C=O) groups excluding carboxylic acids is 3. The van der Waals surface area contributed by atoms with Gasteiger partial charge in [0, 0.05) is 23.6 Å². The summed E-state index contributed by atoms with van der Waals surface area (Å²) >= 11 is 5.80. The summed E-state index contributed by atoms with van der Waals surface area (Å²) in [5.41, 5.74) is 6.25. The predicted octanol–water partition coefficient (Wildman–Crippen LogP) is 2.03. The van der Waals surface area contributed by atoms with Crippen LogP contribution in [0.4, 0.5) is 0 Å². The summed E-state index contributed by atoms with van der Waals surface area (Å²) in [6.07, 6.45) is 0.939. The molecule has 0 radical (unpaired) electrons. The fourth-order valence-corrected chi connectivity index (χ4v) is 2.41. The van der Waals surface area contributed by atoms with Crippen molar-refractivity contribution in [2.24, 2.45) is 5.73 Å². The smallest absolute Gasteiger partial charge is 0.251 e. The van der Waals surface area contributed by atoms with Crippen molar-refractivity contribution in [3.63, 3.8) is 0 Å². The highest BCUT2D eigenvalue weighted by molar-refractivity contribution is 6.30. The van der Waals surface area contributed by atoms with Crippen LogP contribution in [0.2, 0.25) is 5.02 Å². The fraction of sp³-hybridized carbons (Fsp3) is 0.250. The Hall–Kier alpha value is -3.06. The summed E-state index contributed by atoms with van der Waals surface area (Å²) < 4.78 is 5.54. The first kappa shape index (κ1) is 21.2. The maximum Gasteiger partial charge on any atom is 0.251 e. The molecule has 0 bridgehead atoms. The van der Waals surface area contributed by atoms with E-state index in [0.717, 1.165) is 5.56 Å². The van der Waals surface area contributed by atoms with Gasteiger partial charge in [0.15, 0.2) is 0 Å². The van der Waals surface area contributed by atoms with E-state index in [-0.39, 0.29) is 18.4 Å². The van der Waals surface area contributed by atoms with E-state index in [1.165, 1.54) is 0 Å². The number of primary amides is 1. The Bertz CT molecular complexity index is 807. The highest BCUT2D eigenvalue weighted by Crippen LogP contribution is 2.15. The lowest BCUT2D eigenvalue weighted by Crippen LogP contribution is -2.33. The lowest BCUT2D eigenvalue weighted by atomic mass is 10.1. The van der Waals surface area contributed by atoms with Crippen molar-refractivity contribution >= 4 is 29.3 Å². The Morgan fingerprint density at radius 3 is 2.29 bits per heavy atom.